The molecule has 0 N–H and O–H groups in total. The van der Waals surface area contributed by atoms with Gasteiger partial charge in [-0.05, 0) is 31.7 Å². The zero-order valence-electron chi connectivity index (χ0n) is 10.3. The average Bonchev–Trinajstić information content (AvgIpc) is 2.29. The molecule has 0 aromatic carbocycles. The van der Waals surface area contributed by atoms with Crippen molar-refractivity contribution in [1.29, 1.82) is 0 Å². The Kier molecular flexibility index (Phi) is 3.08. The minimum Gasteiger partial charge on any atom is -0.202 e. The standard InChI is InChI=1S/C14H22N/c1-4-11-10-12-8-6-7-9-14(12)15(3)13(11)5-2/h10H,4-9H2,1-3H3/q+1. The molecule has 1 nitrogen and oxygen atoms in total. The van der Waals surface area contributed by atoms with Gasteiger partial charge < -0.3 is 0 Å². The van der Waals surface area contributed by atoms with Crippen molar-refractivity contribution in [3.8, 4) is 0 Å². The van der Waals surface area contributed by atoms with Gasteiger partial charge in [-0.15, -0.1) is 0 Å². The predicted molar refractivity (Wildman–Crippen MR) is 63.0 cm³/mol. The van der Waals surface area contributed by atoms with Crippen LogP contribution in [0.3, 0.4) is 0 Å². The SMILES string of the molecule is CCc1cc2c([n+](C)c1CC)CCCC2. The van der Waals surface area contributed by atoms with Crippen LogP contribution in [0.25, 0.3) is 0 Å². The first kappa shape index (κ1) is 10.7. The Morgan fingerprint density at radius 3 is 2.53 bits per heavy atom. The minimum absolute atomic E-state index is 1.16. The Balaban J connectivity index is 2.57. The van der Waals surface area contributed by atoms with Gasteiger partial charge in [-0.25, -0.2) is 4.57 Å². The van der Waals surface area contributed by atoms with Crippen molar-refractivity contribution in [2.45, 2.75) is 52.4 Å². The van der Waals surface area contributed by atoms with Crippen LogP contribution in [0.1, 0.15) is 49.2 Å². The van der Waals surface area contributed by atoms with E-state index in [-0.39, 0.29) is 0 Å². The van der Waals surface area contributed by atoms with Gasteiger partial charge in [-0.2, -0.15) is 0 Å². The first-order chi connectivity index (χ1) is 7.27. The number of aromatic nitrogens is 1. The Morgan fingerprint density at radius 2 is 1.87 bits per heavy atom. The quantitative estimate of drug-likeness (QED) is 0.652. The van der Waals surface area contributed by atoms with E-state index in [4.69, 9.17) is 0 Å². The molecule has 1 aliphatic carbocycles. The number of pyridine rings is 1. The first-order valence-corrected chi connectivity index (χ1v) is 6.30. The molecule has 82 valence electrons. The van der Waals surface area contributed by atoms with Crippen LogP contribution in [0.5, 0.6) is 0 Å². The van der Waals surface area contributed by atoms with Crippen molar-refractivity contribution >= 4 is 0 Å². The van der Waals surface area contributed by atoms with Gasteiger partial charge >= 0.3 is 0 Å². The number of fused-ring (bicyclic) bond motifs is 1. The topological polar surface area (TPSA) is 3.88 Å². The van der Waals surface area contributed by atoms with Crippen LogP contribution in [0.2, 0.25) is 0 Å². The second-order valence-electron chi connectivity index (χ2n) is 4.56. The maximum atomic E-state index is 2.47. The van der Waals surface area contributed by atoms with Gasteiger partial charge in [0.1, 0.15) is 7.05 Å². The number of hydrogen-bond acceptors (Lipinski definition) is 0. The largest absolute Gasteiger partial charge is 0.202 e. The molecule has 0 spiro atoms. The predicted octanol–water partition coefficient (Wildman–Crippen LogP) is 2.51. The third kappa shape index (κ3) is 1.80. The lowest BCUT2D eigenvalue weighted by Crippen LogP contribution is -2.41. The van der Waals surface area contributed by atoms with E-state index in [9.17, 15) is 0 Å². The van der Waals surface area contributed by atoms with E-state index in [1.807, 2.05) is 0 Å². The molecule has 15 heavy (non-hydrogen) atoms. The highest BCUT2D eigenvalue weighted by Crippen LogP contribution is 2.21. The van der Waals surface area contributed by atoms with Crippen molar-refractivity contribution in [2.75, 3.05) is 0 Å². The Hall–Kier alpha value is -0.850. The summed E-state index contributed by atoms with van der Waals surface area (Å²) in [6.07, 6.45) is 7.65. The van der Waals surface area contributed by atoms with Crippen LogP contribution in [0.15, 0.2) is 6.07 Å². The van der Waals surface area contributed by atoms with Crippen LogP contribution in [-0.2, 0) is 32.7 Å². The fourth-order valence-corrected chi connectivity index (χ4v) is 2.89. The normalized spacial score (nSPS) is 15.1. The van der Waals surface area contributed by atoms with E-state index in [1.54, 1.807) is 16.8 Å². The molecule has 1 aromatic rings. The summed E-state index contributed by atoms with van der Waals surface area (Å²) in [6, 6.07) is 2.47. The summed E-state index contributed by atoms with van der Waals surface area (Å²) in [5.74, 6) is 0. The van der Waals surface area contributed by atoms with Gasteiger partial charge in [-0.3, -0.25) is 0 Å². The molecule has 0 fully saturated rings. The molecule has 0 aliphatic heterocycles. The van der Waals surface area contributed by atoms with Crippen LogP contribution < -0.4 is 4.57 Å². The lowest BCUT2D eigenvalue weighted by molar-refractivity contribution is -0.687. The van der Waals surface area contributed by atoms with Crippen LogP contribution in [0, 0.1) is 0 Å². The summed E-state index contributed by atoms with van der Waals surface area (Å²) < 4.78 is 2.47. The van der Waals surface area contributed by atoms with Crippen molar-refractivity contribution in [2.24, 2.45) is 7.05 Å². The highest BCUT2D eigenvalue weighted by Gasteiger charge is 2.22. The van der Waals surface area contributed by atoms with E-state index >= 15 is 0 Å². The number of nitrogens with zero attached hydrogens (tertiary/aromatic N) is 1. The van der Waals surface area contributed by atoms with Crippen LogP contribution >= 0.6 is 0 Å². The molecule has 0 bridgehead atoms. The molecule has 1 heteroatoms. The maximum absolute atomic E-state index is 2.47. The molecule has 0 atom stereocenters. The van der Waals surface area contributed by atoms with E-state index < -0.39 is 0 Å². The van der Waals surface area contributed by atoms with Crippen LogP contribution in [-0.4, -0.2) is 0 Å². The average molecular weight is 204 g/mol. The summed E-state index contributed by atoms with van der Waals surface area (Å²) in [6.45, 7) is 4.54. The molecule has 0 saturated heterocycles. The molecule has 2 rings (SSSR count). The molecular weight excluding hydrogens is 182 g/mol. The maximum Gasteiger partial charge on any atom is 0.184 e. The second-order valence-corrected chi connectivity index (χ2v) is 4.56. The van der Waals surface area contributed by atoms with Gasteiger partial charge in [0.2, 0.25) is 0 Å². The number of aryl methyl sites for hydroxylation is 2. The molecule has 1 aliphatic rings. The van der Waals surface area contributed by atoms with Crippen molar-refractivity contribution in [3.05, 3.63) is 28.6 Å². The zero-order chi connectivity index (χ0) is 10.8. The smallest absolute Gasteiger partial charge is 0.184 e. The van der Waals surface area contributed by atoms with Gasteiger partial charge in [-0.1, -0.05) is 13.8 Å². The Morgan fingerprint density at radius 1 is 1.13 bits per heavy atom. The highest BCUT2D eigenvalue weighted by atomic mass is 15.0. The fraction of sp³-hybridized carbons (Fsp3) is 0.643. The molecule has 0 unspecified atom stereocenters. The molecule has 0 radical (unpaired) electrons. The lowest BCUT2D eigenvalue weighted by atomic mass is 9.92. The summed E-state index contributed by atoms with van der Waals surface area (Å²) in [5.41, 5.74) is 6.30. The van der Waals surface area contributed by atoms with E-state index in [0.29, 0.717) is 0 Å². The molecule has 0 amide bonds. The van der Waals surface area contributed by atoms with Gasteiger partial charge in [0, 0.05) is 24.0 Å². The van der Waals surface area contributed by atoms with Crippen molar-refractivity contribution in [3.63, 3.8) is 0 Å². The zero-order valence-corrected chi connectivity index (χ0v) is 10.3. The lowest BCUT2D eigenvalue weighted by Gasteiger charge is -2.16. The van der Waals surface area contributed by atoms with Gasteiger partial charge in [0.05, 0.1) is 0 Å². The Bertz CT molecular complexity index is 352. The number of rotatable bonds is 2. The number of hydrogen-bond donors (Lipinski definition) is 0. The monoisotopic (exact) mass is 204 g/mol. The summed E-state index contributed by atoms with van der Waals surface area (Å²) >= 11 is 0. The fourth-order valence-electron chi connectivity index (χ4n) is 2.89. The second kappa shape index (κ2) is 4.34. The van der Waals surface area contributed by atoms with Gasteiger partial charge in [0.25, 0.3) is 0 Å². The van der Waals surface area contributed by atoms with E-state index in [1.165, 1.54) is 37.8 Å². The Labute approximate surface area is 93.1 Å². The first-order valence-electron chi connectivity index (χ1n) is 6.30. The minimum atomic E-state index is 1.16. The molecular formula is C14H22N+. The van der Waals surface area contributed by atoms with Crippen molar-refractivity contribution in [1.82, 2.24) is 0 Å². The van der Waals surface area contributed by atoms with Crippen LogP contribution in [0.4, 0.5) is 0 Å². The third-order valence-corrected chi connectivity index (χ3v) is 3.73. The third-order valence-electron chi connectivity index (χ3n) is 3.73. The summed E-state index contributed by atoms with van der Waals surface area (Å²) in [4.78, 5) is 0. The van der Waals surface area contributed by atoms with E-state index in [2.05, 4.69) is 31.5 Å². The van der Waals surface area contributed by atoms with E-state index in [0.717, 1.165) is 6.42 Å². The summed E-state index contributed by atoms with van der Waals surface area (Å²) in [7, 11) is 2.25. The molecule has 1 aromatic heterocycles. The molecule has 0 saturated carbocycles. The highest BCUT2D eigenvalue weighted by molar-refractivity contribution is 5.28. The van der Waals surface area contributed by atoms with Gasteiger partial charge in [0.15, 0.2) is 11.4 Å². The summed E-state index contributed by atoms with van der Waals surface area (Å²) in [5, 5.41) is 0. The molecule has 1 heterocycles. The van der Waals surface area contributed by atoms with Crippen molar-refractivity contribution < 1.29 is 4.57 Å².